The number of aromatic nitrogens is 2. The van der Waals surface area contributed by atoms with Gasteiger partial charge < -0.3 is 4.98 Å². The number of pyridine rings is 1. The highest BCUT2D eigenvalue weighted by molar-refractivity contribution is 5.85. The monoisotopic (exact) mass is 160 g/mol. The van der Waals surface area contributed by atoms with Gasteiger partial charge >= 0.3 is 0 Å². The summed E-state index contributed by atoms with van der Waals surface area (Å²) >= 11 is 0. The van der Waals surface area contributed by atoms with Gasteiger partial charge in [-0.15, -0.1) is 0 Å². The Hall–Kier alpha value is -1.64. The van der Waals surface area contributed by atoms with E-state index in [4.69, 9.17) is 0 Å². The van der Waals surface area contributed by atoms with Crippen molar-refractivity contribution in [3.63, 3.8) is 0 Å². The number of aromatic amines is 1. The van der Waals surface area contributed by atoms with E-state index in [0.717, 1.165) is 23.0 Å². The molecule has 0 atom stereocenters. The second-order valence-electron chi connectivity index (χ2n) is 2.73. The Bertz CT molecular complexity index is 431. The molecule has 2 aromatic heterocycles. The fourth-order valence-electron chi connectivity index (χ4n) is 1.19. The summed E-state index contributed by atoms with van der Waals surface area (Å²) in [4.78, 5) is 17.6. The van der Waals surface area contributed by atoms with Gasteiger partial charge in [-0.25, -0.2) is 0 Å². The topological polar surface area (TPSA) is 45.8 Å². The largest absolute Gasteiger partial charge is 0.351 e. The van der Waals surface area contributed by atoms with Crippen LogP contribution in [-0.4, -0.2) is 16.3 Å². The summed E-state index contributed by atoms with van der Waals surface area (Å²) < 4.78 is 0. The normalized spacial score (nSPS) is 10.4. The molecule has 60 valence electrons. The molecule has 2 aromatic rings. The second kappa shape index (κ2) is 2.44. The Morgan fingerprint density at radius 3 is 3.08 bits per heavy atom. The Morgan fingerprint density at radius 2 is 2.33 bits per heavy atom. The number of rotatable bonds is 1. The van der Waals surface area contributed by atoms with Gasteiger partial charge in [0.2, 0.25) is 0 Å². The molecule has 0 aliphatic carbocycles. The highest BCUT2D eigenvalue weighted by Crippen LogP contribution is 2.11. The number of hydrogen-bond acceptors (Lipinski definition) is 2. The molecule has 12 heavy (non-hydrogen) atoms. The van der Waals surface area contributed by atoms with Crippen LogP contribution in [-0.2, 0) is 0 Å². The Labute approximate surface area is 69.4 Å². The molecule has 0 amide bonds. The second-order valence-corrected chi connectivity index (χ2v) is 2.73. The van der Waals surface area contributed by atoms with E-state index in [1.807, 2.05) is 19.1 Å². The van der Waals surface area contributed by atoms with Crippen LogP contribution in [0.2, 0.25) is 0 Å². The maximum atomic E-state index is 10.4. The molecule has 0 radical (unpaired) electrons. The van der Waals surface area contributed by atoms with Gasteiger partial charge in [0.05, 0.1) is 16.7 Å². The predicted octanol–water partition coefficient (Wildman–Crippen LogP) is 1.68. The van der Waals surface area contributed by atoms with Gasteiger partial charge in [-0.1, -0.05) is 0 Å². The van der Waals surface area contributed by atoms with E-state index >= 15 is 0 Å². The van der Waals surface area contributed by atoms with E-state index in [-0.39, 0.29) is 0 Å². The smallest absolute Gasteiger partial charge is 0.166 e. The molecule has 2 rings (SSSR count). The minimum Gasteiger partial charge on any atom is -0.351 e. The maximum Gasteiger partial charge on any atom is 0.166 e. The SMILES string of the molecule is Cc1ccc2[nH]c(C=O)cc2n1. The molecule has 3 heteroatoms. The van der Waals surface area contributed by atoms with Crippen molar-refractivity contribution < 1.29 is 4.79 Å². The zero-order valence-corrected chi connectivity index (χ0v) is 6.66. The third-order valence-corrected chi connectivity index (χ3v) is 1.76. The minimum absolute atomic E-state index is 0.572. The molecule has 0 aromatic carbocycles. The highest BCUT2D eigenvalue weighted by Gasteiger charge is 1.99. The molecule has 3 nitrogen and oxygen atoms in total. The van der Waals surface area contributed by atoms with Gasteiger partial charge in [0, 0.05) is 5.69 Å². The molecule has 0 unspecified atom stereocenters. The average Bonchev–Trinajstić information content (AvgIpc) is 2.46. The fraction of sp³-hybridized carbons (Fsp3) is 0.111. The predicted molar refractivity (Wildman–Crippen MR) is 46.2 cm³/mol. The van der Waals surface area contributed by atoms with Gasteiger partial charge in [-0.2, -0.15) is 0 Å². The lowest BCUT2D eigenvalue weighted by Crippen LogP contribution is -1.78. The summed E-state index contributed by atoms with van der Waals surface area (Å²) in [6, 6.07) is 5.58. The third-order valence-electron chi connectivity index (χ3n) is 1.76. The van der Waals surface area contributed by atoms with E-state index in [2.05, 4.69) is 9.97 Å². The van der Waals surface area contributed by atoms with E-state index in [9.17, 15) is 4.79 Å². The van der Waals surface area contributed by atoms with Crippen LogP contribution in [0.3, 0.4) is 0 Å². The summed E-state index contributed by atoms with van der Waals surface area (Å²) in [5.74, 6) is 0. The molecule has 2 heterocycles. The van der Waals surface area contributed by atoms with Gasteiger partial charge in [-0.3, -0.25) is 9.78 Å². The fourth-order valence-corrected chi connectivity index (χ4v) is 1.19. The molecule has 0 saturated carbocycles. The molecule has 0 bridgehead atoms. The molecular weight excluding hydrogens is 152 g/mol. The van der Waals surface area contributed by atoms with Gasteiger partial charge in [-0.05, 0) is 25.1 Å². The quantitative estimate of drug-likeness (QED) is 0.645. The van der Waals surface area contributed by atoms with Crippen molar-refractivity contribution in [2.45, 2.75) is 6.92 Å². The number of aldehydes is 1. The lowest BCUT2D eigenvalue weighted by Gasteiger charge is -1.89. The number of nitrogens with one attached hydrogen (secondary N) is 1. The van der Waals surface area contributed by atoms with Gasteiger partial charge in [0.25, 0.3) is 0 Å². The van der Waals surface area contributed by atoms with Crippen LogP contribution in [0.5, 0.6) is 0 Å². The van der Waals surface area contributed by atoms with Gasteiger partial charge in [0.1, 0.15) is 0 Å². The van der Waals surface area contributed by atoms with Crippen LogP contribution in [0.1, 0.15) is 16.2 Å². The van der Waals surface area contributed by atoms with Crippen molar-refractivity contribution >= 4 is 17.3 Å². The van der Waals surface area contributed by atoms with Crippen LogP contribution in [0.4, 0.5) is 0 Å². The summed E-state index contributed by atoms with van der Waals surface area (Å²) in [5, 5.41) is 0. The first-order valence-electron chi connectivity index (χ1n) is 3.71. The molecule has 1 N–H and O–H groups in total. The van der Waals surface area contributed by atoms with Gasteiger partial charge in [0.15, 0.2) is 6.29 Å². The number of H-pyrrole nitrogens is 1. The molecule has 0 aliphatic rings. The number of carbonyl (C=O) groups excluding carboxylic acids is 1. The first-order valence-corrected chi connectivity index (χ1v) is 3.71. The van der Waals surface area contributed by atoms with E-state index in [0.29, 0.717) is 5.69 Å². The van der Waals surface area contributed by atoms with Crippen molar-refractivity contribution in [2.75, 3.05) is 0 Å². The van der Waals surface area contributed by atoms with Crippen molar-refractivity contribution in [2.24, 2.45) is 0 Å². The van der Waals surface area contributed by atoms with Crippen LogP contribution in [0.25, 0.3) is 11.0 Å². The Morgan fingerprint density at radius 1 is 1.50 bits per heavy atom. The molecule has 0 saturated heterocycles. The summed E-state index contributed by atoms with van der Waals surface area (Å²) in [6.45, 7) is 1.92. The van der Waals surface area contributed by atoms with Crippen LogP contribution in [0.15, 0.2) is 18.2 Å². The van der Waals surface area contributed by atoms with E-state index in [1.54, 1.807) is 6.07 Å². The zero-order valence-electron chi connectivity index (χ0n) is 6.66. The number of aryl methyl sites for hydroxylation is 1. The minimum atomic E-state index is 0.572. The average molecular weight is 160 g/mol. The molecule has 0 aliphatic heterocycles. The lowest BCUT2D eigenvalue weighted by molar-refractivity contribution is 0.112. The zero-order chi connectivity index (χ0) is 8.55. The van der Waals surface area contributed by atoms with Crippen LogP contribution >= 0.6 is 0 Å². The standard InChI is InChI=1S/C9H8N2O/c1-6-2-3-8-9(10-6)4-7(5-12)11-8/h2-5,11H,1H3. The summed E-state index contributed by atoms with van der Waals surface area (Å²) in [5.41, 5.74) is 3.28. The maximum absolute atomic E-state index is 10.4. The number of fused-ring (bicyclic) bond motifs is 1. The molecule has 0 spiro atoms. The first-order chi connectivity index (χ1) is 5.79. The third kappa shape index (κ3) is 0.993. The van der Waals surface area contributed by atoms with Crippen LogP contribution in [0, 0.1) is 6.92 Å². The number of hydrogen-bond donors (Lipinski definition) is 1. The van der Waals surface area contributed by atoms with E-state index < -0.39 is 0 Å². The van der Waals surface area contributed by atoms with Crippen molar-refractivity contribution in [1.29, 1.82) is 0 Å². The molecule has 0 fully saturated rings. The molecular formula is C9H8N2O. The van der Waals surface area contributed by atoms with Crippen LogP contribution < -0.4 is 0 Å². The Kier molecular flexibility index (Phi) is 1.43. The summed E-state index contributed by atoms with van der Waals surface area (Å²) in [6.07, 6.45) is 0.789. The lowest BCUT2D eigenvalue weighted by atomic mass is 10.3. The van der Waals surface area contributed by atoms with E-state index in [1.165, 1.54) is 0 Å². The van der Waals surface area contributed by atoms with Crippen molar-refractivity contribution in [1.82, 2.24) is 9.97 Å². The van der Waals surface area contributed by atoms with Crippen molar-refractivity contribution in [3.05, 3.63) is 29.6 Å². The van der Waals surface area contributed by atoms with Crippen molar-refractivity contribution in [3.8, 4) is 0 Å². The summed E-state index contributed by atoms with van der Waals surface area (Å²) in [7, 11) is 0. The number of carbonyl (C=O) groups is 1. The highest BCUT2D eigenvalue weighted by atomic mass is 16.1. The first kappa shape index (κ1) is 7.03. The Balaban J connectivity index is 2.75. The number of nitrogens with zero attached hydrogens (tertiary/aromatic N) is 1.